The summed E-state index contributed by atoms with van der Waals surface area (Å²) in [5, 5.41) is 2.90. The van der Waals surface area contributed by atoms with Gasteiger partial charge >= 0.3 is 0 Å². The number of carbonyl (C=O) groups is 1. The van der Waals surface area contributed by atoms with Gasteiger partial charge in [0.2, 0.25) is 0 Å². The zero-order valence-electron chi connectivity index (χ0n) is 13.7. The summed E-state index contributed by atoms with van der Waals surface area (Å²) in [6.07, 6.45) is 2.05. The van der Waals surface area contributed by atoms with Crippen LogP contribution >= 0.6 is 0 Å². The number of carbonyl (C=O) groups excluding carboxylic acids is 1. The average Bonchev–Trinajstić information content (AvgIpc) is 3.31. The molecule has 126 valence electrons. The number of benzene rings is 2. The quantitative estimate of drug-likeness (QED) is 0.875. The van der Waals surface area contributed by atoms with E-state index in [0.717, 1.165) is 18.4 Å². The zero-order valence-corrected chi connectivity index (χ0v) is 14.5. The number of sulfonamides is 1. The van der Waals surface area contributed by atoms with E-state index < -0.39 is 10.0 Å². The third-order valence-electron chi connectivity index (χ3n) is 3.93. The zero-order chi connectivity index (χ0) is 17.3. The highest BCUT2D eigenvalue weighted by molar-refractivity contribution is 7.92. The lowest BCUT2D eigenvalue weighted by atomic mass is 10.2. The molecule has 1 fully saturated rings. The molecule has 0 heterocycles. The van der Waals surface area contributed by atoms with E-state index in [2.05, 4.69) is 10.0 Å². The van der Waals surface area contributed by atoms with Crippen LogP contribution in [0.5, 0.6) is 0 Å². The van der Waals surface area contributed by atoms with Crippen LogP contribution in [0.25, 0.3) is 0 Å². The van der Waals surface area contributed by atoms with Crippen LogP contribution in [-0.2, 0) is 10.0 Å². The SMILES string of the molecule is Cc1ccc(S(=O)(=O)Nc2ccc(C(=O)NC3CC3)cc2)c(C)c1. The van der Waals surface area contributed by atoms with Crippen molar-refractivity contribution in [3.8, 4) is 0 Å². The molecule has 0 unspecified atom stereocenters. The molecule has 0 aliphatic heterocycles. The Morgan fingerprint density at radius 1 is 1.04 bits per heavy atom. The van der Waals surface area contributed by atoms with Gasteiger partial charge < -0.3 is 5.32 Å². The van der Waals surface area contributed by atoms with E-state index in [4.69, 9.17) is 0 Å². The van der Waals surface area contributed by atoms with Crippen LogP contribution in [0.2, 0.25) is 0 Å². The van der Waals surface area contributed by atoms with Crippen LogP contribution in [0.3, 0.4) is 0 Å². The van der Waals surface area contributed by atoms with E-state index in [9.17, 15) is 13.2 Å². The second kappa shape index (κ2) is 6.28. The van der Waals surface area contributed by atoms with Crippen molar-refractivity contribution in [3.05, 3.63) is 59.2 Å². The predicted molar refractivity (Wildman–Crippen MR) is 93.7 cm³/mol. The van der Waals surface area contributed by atoms with Gasteiger partial charge in [0.1, 0.15) is 0 Å². The smallest absolute Gasteiger partial charge is 0.262 e. The van der Waals surface area contributed by atoms with Gasteiger partial charge in [-0.15, -0.1) is 0 Å². The Labute approximate surface area is 142 Å². The maximum atomic E-state index is 12.5. The van der Waals surface area contributed by atoms with Gasteiger partial charge in [-0.1, -0.05) is 17.7 Å². The molecule has 2 aromatic carbocycles. The molecule has 2 N–H and O–H groups in total. The third-order valence-corrected chi connectivity index (χ3v) is 5.47. The molecule has 0 radical (unpaired) electrons. The van der Waals surface area contributed by atoms with Crippen LogP contribution in [0.4, 0.5) is 5.69 Å². The number of nitrogens with one attached hydrogen (secondary N) is 2. The molecule has 5 nitrogen and oxygen atoms in total. The Balaban J connectivity index is 1.75. The number of rotatable bonds is 5. The highest BCUT2D eigenvalue weighted by atomic mass is 32.2. The maximum absolute atomic E-state index is 12.5. The normalized spacial score (nSPS) is 14.2. The maximum Gasteiger partial charge on any atom is 0.262 e. The number of aryl methyl sites for hydroxylation is 2. The van der Waals surface area contributed by atoms with Crippen molar-refractivity contribution >= 4 is 21.6 Å². The molecule has 0 spiro atoms. The number of hydrogen-bond donors (Lipinski definition) is 2. The molecule has 0 atom stereocenters. The minimum atomic E-state index is -3.65. The van der Waals surface area contributed by atoms with Gasteiger partial charge in [0, 0.05) is 17.3 Å². The minimum Gasteiger partial charge on any atom is -0.349 e. The lowest BCUT2D eigenvalue weighted by Gasteiger charge is -2.11. The molecular weight excluding hydrogens is 324 g/mol. The Kier molecular flexibility index (Phi) is 4.32. The van der Waals surface area contributed by atoms with Gasteiger partial charge in [-0.2, -0.15) is 0 Å². The van der Waals surface area contributed by atoms with Gasteiger partial charge in [-0.05, 0) is 62.6 Å². The topological polar surface area (TPSA) is 75.3 Å². The lowest BCUT2D eigenvalue weighted by Crippen LogP contribution is -2.25. The molecule has 24 heavy (non-hydrogen) atoms. The van der Waals surface area contributed by atoms with Crippen molar-refractivity contribution in [1.29, 1.82) is 0 Å². The molecule has 1 aliphatic carbocycles. The highest BCUT2D eigenvalue weighted by Gasteiger charge is 2.23. The Morgan fingerprint density at radius 2 is 1.71 bits per heavy atom. The third kappa shape index (κ3) is 3.76. The molecule has 3 rings (SSSR count). The fourth-order valence-corrected chi connectivity index (χ4v) is 3.78. The summed E-state index contributed by atoms with van der Waals surface area (Å²) in [7, 11) is -3.65. The molecule has 1 saturated carbocycles. The molecule has 6 heteroatoms. The van der Waals surface area contributed by atoms with Gasteiger partial charge in [0.05, 0.1) is 4.90 Å². The highest BCUT2D eigenvalue weighted by Crippen LogP contribution is 2.22. The first kappa shape index (κ1) is 16.5. The molecule has 0 aromatic heterocycles. The second-order valence-corrected chi connectivity index (χ2v) is 7.85. The lowest BCUT2D eigenvalue weighted by molar-refractivity contribution is 0.0951. The fraction of sp³-hybridized carbons (Fsp3) is 0.278. The number of hydrogen-bond acceptors (Lipinski definition) is 3. The average molecular weight is 344 g/mol. The minimum absolute atomic E-state index is 0.124. The monoisotopic (exact) mass is 344 g/mol. The van der Waals surface area contributed by atoms with Crippen molar-refractivity contribution in [3.63, 3.8) is 0 Å². The van der Waals surface area contributed by atoms with E-state index in [1.54, 1.807) is 43.3 Å². The first-order valence-electron chi connectivity index (χ1n) is 7.86. The summed E-state index contributed by atoms with van der Waals surface area (Å²) in [6, 6.07) is 11.9. The first-order valence-corrected chi connectivity index (χ1v) is 9.34. The van der Waals surface area contributed by atoms with Crippen LogP contribution in [0, 0.1) is 13.8 Å². The van der Waals surface area contributed by atoms with E-state index in [1.165, 1.54) is 0 Å². The van der Waals surface area contributed by atoms with Crippen molar-refractivity contribution in [2.75, 3.05) is 4.72 Å². The molecule has 1 aliphatic rings. The van der Waals surface area contributed by atoms with Crippen LogP contribution in [-0.4, -0.2) is 20.4 Å². The summed E-state index contributed by atoms with van der Waals surface area (Å²) in [6.45, 7) is 3.69. The fourth-order valence-electron chi connectivity index (χ4n) is 2.50. The van der Waals surface area contributed by atoms with E-state index in [1.807, 2.05) is 13.0 Å². The van der Waals surface area contributed by atoms with Gasteiger partial charge in [0.15, 0.2) is 0 Å². The molecule has 1 amide bonds. The molecular formula is C18H20N2O3S. The van der Waals surface area contributed by atoms with Crippen LogP contribution < -0.4 is 10.0 Å². The number of amides is 1. The van der Waals surface area contributed by atoms with Crippen molar-refractivity contribution in [2.45, 2.75) is 37.6 Å². The molecule has 2 aromatic rings. The Hall–Kier alpha value is -2.34. The summed E-state index contributed by atoms with van der Waals surface area (Å²) in [5.41, 5.74) is 2.66. The van der Waals surface area contributed by atoms with Crippen molar-refractivity contribution in [2.24, 2.45) is 0 Å². The van der Waals surface area contributed by atoms with Gasteiger partial charge in [-0.3, -0.25) is 9.52 Å². The summed E-state index contributed by atoms with van der Waals surface area (Å²) in [5.74, 6) is -0.124. The second-order valence-electron chi connectivity index (χ2n) is 6.20. The summed E-state index contributed by atoms with van der Waals surface area (Å²) in [4.78, 5) is 12.2. The first-order chi connectivity index (χ1) is 11.3. The largest absolute Gasteiger partial charge is 0.349 e. The molecule has 0 saturated heterocycles. The Bertz CT molecular complexity index is 870. The van der Waals surface area contributed by atoms with Crippen molar-refractivity contribution in [1.82, 2.24) is 5.32 Å². The van der Waals surface area contributed by atoms with E-state index in [0.29, 0.717) is 22.9 Å². The number of anilines is 1. The van der Waals surface area contributed by atoms with Crippen molar-refractivity contribution < 1.29 is 13.2 Å². The summed E-state index contributed by atoms with van der Waals surface area (Å²) < 4.78 is 27.6. The van der Waals surface area contributed by atoms with Gasteiger partial charge in [0.25, 0.3) is 15.9 Å². The summed E-state index contributed by atoms with van der Waals surface area (Å²) >= 11 is 0. The predicted octanol–water partition coefficient (Wildman–Crippen LogP) is 3.00. The standard InChI is InChI=1S/C18H20N2O3S/c1-12-3-10-17(13(2)11-12)24(22,23)20-16-6-4-14(5-7-16)18(21)19-15-8-9-15/h3-7,10-11,15,20H,8-9H2,1-2H3,(H,19,21). The molecule has 0 bridgehead atoms. The Morgan fingerprint density at radius 3 is 2.29 bits per heavy atom. The van der Waals surface area contributed by atoms with Gasteiger partial charge in [-0.25, -0.2) is 8.42 Å². The van der Waals surface area contributed by atoms with Crippen LogP contribution in [0.1, 0.15) is 34.3 Å². The van der Waals surface area contributed by atoms with E-state index in [-0.39, 0.29) is 10.8 Å². The van der Waals surface area contributed by atoms with Crippen LogP contribution in [0.15, 0.2) is 47.4 Å². The van der Waals surface area contributed by atoms with E-state index >= 15 is 0 Å².